The Balaban J connectivity index is 2.22. The third-order valence-corrected chi connectivity index (χ3v) is 3.62. The van der Waals surface area contributed by atoms with Crippen molar-refractivity contribution in [3.05, 3.63) is 44.9 Å². The predicted molar refractivity (Wildman–Crippen MR) is 76.4 cm³/mol. The number of nitrogens with two attached hydrogens (primary N) is 1. The molecule has 1 amide bonds. The van der Waals surface area contributed by atoms with Crippen molar-refractivity contribution < 1.29 is 14.7 Å². The number of aromatic nitrogens is 1. The van der Waals surface area contributed by atoms with Gasteiger partial charge < -0.3 is 16.2 Å². The molecule has 1 aromatic carbocycles. The number of carboxylic acid groups (broad SMARTS) is 1. The molecule has 4 N–H and O–H groups in total. The lowest BCUT2D eigenvalue weighted by Crippen LogP contribution is -2.13. The number of anilines is 1. The Morgan fingerprint density at radius 2 is 2.20 bits per heavy atom. The highest BCUT2D eigenvalue weighted by Gasteiger charge is 2.14. The van der Waals surface area contributed by atoms with E-state index >= 15 is 0 Å². The second-order valence-corrected chi connectivity index (χ2v) is 5.13. The van der Waals surface area contributed by atoms with Gasteiger partial charge in [0, 0.05) is 11.9 Å². The van der Waals surface area contributed by atoms with Crippen molar-refractivity contribution in [3.8, 4) is 0 Å². The second-order valence-electron chi connectivity index (χ2n) is 3.78. The average molecular weight is 312 g/mol. The van der Waals surface area contributed by atoms with Crippen molar-refractivity contribution in [3.63, 3.8) is 0 Å². The lowest BCUT2D eigenvalue weighted by molar-refractivity contribution is 0.0696. The molecular weight excluding hydrogens is 302 g/mol. The van der Waals surface area contributed by atoms with Gasteiger partial charge in [-0.1, -0.05) is 11.6 Å². The fourth-order valence-corrected chi connectivity index (χ4v) is 2.27. The number of halogens is 1. The van der Waals surface area contributed by atoms with E-state index < -0.39 is 11.9 Å². The first-order valence-electron chi connectivity index (χ1n) is 5.50. The number of hydrogen-bond acceptors (Lipinski definition) is 5. The van der Waals surface area contributed by atoms with E-state index in [1.807, 2.05) is 0 Å². The fraction of sp³-hybridized carbons (Fsp3) is 0.0833. The number of carbonyl (C=O) groups excluding carboxylic acids is 1. The molecule has 8 heteroatoms. The highest BCUT2D eigenvalue weighted by Crippen LogP contribution is 2.24. The summed E-state index contributed by atoms with van der Waals surface area (Å²) in [6.07, 6.45) is 0. The van der Waals surface area contributed by atoms with Crippen LogP contribution in [0.2, 0.25) is 5.02 Å². The lowest BCUT2D eigenvalue weighted by atomic mass is 10.2. The molecule has 0 spiro atoms. The largest absolute Gasteiger partial charge is 0.478 e. The third-order valence-electron chi connectivity index (χ3n) is 2.42. The van der Waals surface area contributed by atoms with Crippen LogP contribution in [-0.4, -0.2) is 22.0 Å². The molecule has 0 fully saturated rings. The highest BCUT2D eigenvalue weighted by molar-refractivity contribution is 7.09. The Hall–Kier alpha value is -1.96. The van der Waals surface area contributed by atoms with E-state index in [-0.39, 0.29) is 28.5 Å². The van der Waals surface area contributed by atoms with Gasteiger partial charge in [-0.05, 0) is 18.2 Å². The summed E-state index contributed by atoms with van der Waals surface area (Å²) in [6, 6.07) is 4.06. The van der Waals surface area contributed by atoms with Crippen LogP contribution in [0.25, 0.3) is 0 Å². The Morgan fingerprint density at radius 3 is 2.80 bits per heavy atom. The van der Waals surface area contributed by atoms with Crippen LogP contribution in [0.1, 0.15) is 25.9 Å². The molecule has 20 heavy (non-hydrogen) atoms. The fourth-order valence-electron chi connectivity index (χ4n) is 1.45. The van der Waals surface area contributed by atoms with Crippen molar-refractivity contribution in [1.82, 2.24) is 4.98 Å². The summed E-state index contributed by atoms with van der Waals surface area (Å²) in [7, 11) is 0. The second kappa shape index (κ2) is 6.00. The van der Waals surface area contributed by atoms with Crippen LogP contribution in [0.3, 0.4) is 0 Å². The maximum atomic E-state index is 12.0. The number of thiazole rings is 1. The summed E-state index contributed by atoms with van der Waals surface area (Å²) in [5.41, 5.74) is 5.89. The minimum atomic E-state index is -1.10. The maximum Gasteiger partial charge on any atom is 0.335 e. The van der Waals surface area contributed by atoms with Gasteiger partial charge in [0.1, 0.15) is 10.7 Å². The predicted octanol–water partition coefficient (Wildman–Crippen LogP) is 2.21. The molecule has 0 saturated carbocycles. The molecular formula is C12H10ClN3O3S. The molecule has 1 heterocycles. The van der Waals surface area contributed by atoms with Gasteiger partial charge in [0.05, 0.1) is 16.3 Å². The number of rotatable bonds is 4. The molecule has 0 radical (unpaired) electrons. The SMILES string of the molecule is NCc1nc(C(=O)Nc2cc(C(=O)O)ccc2Cl)cs1. The first-order chi connectivity index (χ1) is 9.51. The minimum Gasteiger partial charge on any atom is -0.478 e. The van der Waals surface area contributed by atoms with Gasteiger partial charge in [-0.2, -0.15) is 0 Å². The van der Waals surface area contributed by atoms with Gasteiger partial charge in [-0.25, -0.2) is 9.78 Å². The van der Waals surface area contributed by atoms with E-state index in [1.54, 1.807) is 5.38 Å². The molecule has 0 bridgehead atoms. The Bertz CT molecular complexity index is 672. The van der Waals surface area contributed by atoms with Gasteiger partial charge in [-0.3, -0.25) is 4.79 Å². The van der Waals surface area contributed by atoms with Crippen LogP contribution in [0, 0.1) is 0 Å². The average Bonchev–Trinajstić information content (AvgIpc) is 2.89. The maximum absolute atomic E-state index is 12.0. The standard InChI is InChI=1S/C12H10ClN3O3S/c13-7-2-1-6(12(18)19)3-8(7)16-11(17)9-5-20-10(4-14)15-9/h1-3,5H,4,14H2,(H,16,17)(H,18,19). The van der Waals surface area contributed by atoms with E-state index in [0.29, 0.717) is 5.01 Å². The summed E-state index contributed by atoms with van der Waals surface area (Å²) in [5.74, 6) is -1.57. The first kappa shape index (κ1) is 14.4. The van der Waals surface area contributed by atoms with Crippen LogP contribution in [-0.2, 0) is 6.54 Å². The molecule has 104 valence electrons. The zero-order valence-electron chi connectivity index (χ0n) is 10.1. The Labute approximate surface area is 123 Å². The van der Waals surface area contributed by atoms with E-state index in [2.05, 4.69) is 10.3 Å². The number of nitrogens with zero attached hydrogens (tertiary/aromatic N) is 1. The number of amides is 1. The Morgan fingerprint density at radius 1 is 1.45 bits per heavy atom. The number of benzene rings is 1. The minimum absolute atomic E-state index is 0.0330. The number of carboxylic acids is 1. The van der Waals surface area contributed by atoms with Crippen molar-refractivity contribution in [1.29, 1.82) is 0 Å². The van der Waals surface area contributed by atoms with Crippen molar-refractivity contribution in [2.24, 2.45) is 5.73 Å². The van der Waals surface area contributed by atoms with E-state index in [1.165, 1.54) is 29.5 Å². The summed E-state index contributed by atoms with van der Waals surface area (Å²) >= 11 is 7.20. The monoisotopic (exact) mass is 311 g/mol. The first-order valence-corrected chi connectivity index (χ1v) is 6.75. The Kier molecular flexibility index (Phi) is 4.33. The molecule has 0 aliphatic rings. The quantitative estimate of drug-likeness (QED) is 0.802. The van der Waals surface area contributed by atoms with Gasteiger partial charge in [0.25, 0.3) is 5.91 Å². The normalized spacial score (nSPS) is 10.3. The van der Waals surface area contributed by atoms with Crippen LogP contribution in [0.4, 0.5) is 5.69 Å². The summed E-state index contributed by atoms with van der Waals surface area (Å²) in [4.78, 5) is 26.9. The van der Waals surface area contributed by atoms with Crippen LogP contribution < -0.4 is 11.1 Å². The molecule has 1 aromatic heterocycles. The molecule has 0 unspecified atom stereocenters. The van der Waals surface area contributed by atoms with Crippen LogP contribution in [0.15, 0.2) is 23.6 Å². The zero-order valence-corrected chi connectivity index (χ0v) is 11.7. The van der Waals surface area contributed by atoms with Crippen molar-refractivity contribution in [2.75, 3.05) is 5.32 Å². The lowest BCUT2D eigenvalue weighted by Gasteiger charge is -2.06. The van der Waals surface area contributed by atoms with Gasteiger partial charge in [-0.15, -0.1) is 11.3 Å². The number of hydrogen-bond donors (Lipinski definition) is 3. The smallest absolute Gasteiger partial charge is 0.335 e. The molecule has 6 nitrogen and oxygen atoms in total. The zero-order chi connectivity index (χ0) is 14.7. The molecule has 0 aliphatic heterocycles. The van der Waals surface area contributed by atoms with Crippen LogP contribution >= 0.6 is 22.9 Å². The highest BCUT2D eigenvalue weighted by atomic mass is 35.5. The molecule has 2 aromatic rings. The van der Waals surface area contributed by atoms with Crippen molar-refractivity contribution in [2.45, 2.75) is 6.54 Å². The van der Waals surface area contributed by atoms with Crippen LogP contribution in [0.5, 0.6) is 0 Å². The third kappa shape index (κ3) is 3.13. The number of nitrogens with one attached hydrogen (secondary N) is 1. The van der Waals surface area contributed by atoms with E-state index in [9.17, 15) is 9.59 Å². The molecule has 2 rings (SSSR count). The topological polar surface area (TPSA) is 105 Å². The summed E-state index contributed by atoms with van der Waals surface area (Å²) < 4.78 is 0. The van der Waals surface area contributed by atoms with E-state index in [0.717, 1.165) is 0 Å². The van der Waals surface area contributed by atoms with Gasteiger partial charge >= 0.3 is 5.97 Å². The summed E-state index contributed by atoms with van der Waals surface area (Å²) in [6.45, 7) is 0.257. The molecule has 0 saturated heterocycles. The van der Waals surface area contributed by atoms with E-state index in [4.69, 9.17) is 22.4 Å². The van der Waals surface area contributed by atoms with Gasteiger partial charge in [0.15, 0.2) is 0 Å². The number of aromatic carboxylic acids is 1. The van der Waals surface area contributed by atoms with Gasteiger partial charge in [0.2, 0.25) is 0 Å². The summed E-state index contributed by atoms with van der Waals surface area (Å²) in [5, 5.41) is 13.9. The molecule has 0 aliphatic carbocycles. The molecule has 0 atom stereocenters. The number of carbonyl (C=O) groups is 2. The van der Waals surface area contributed by atoms with Crippen molar-refractivity contribution >= 4 is 40.5 Å².